The summed E-state index contributed by atoms with van der Waals surface area (Å²) in [5, 5.41) is 6.03. The minimum absolute atomic E-state index is 0.461. The van der Waals surface area contributed by atoms with Crippen LogP contribution in [0.2, 0.25) is 0 Å². The van der Waals surface area contributed by atoms with Crippen molar-refractivity contribution in [1.29, 1.82) is 0 Å². The van der Waals surface area contributed by atoms with Gasteiger partial charge < -0.3 is 14.8 Å². The summed E-state index contributed by atoms with van der Waals surface area (Å²) in [6, 6.07) is 3.77. The lowest BCUT2D eigenvalue weighted by Crippen LogP contribution is -2.27. The second kappa shape index (κ2) is 4.99. The van der Waals surface area contributed by atoms with Crippen LogP contribution in [0.4, 0.5) is 16.2 Å². The Hall–Kier alpha value is -1.91. The van der Waals surface area contributed by atoms with Crippen molar-refractivity contribution in [2.24, 2.45) is 0 Å². The maximum Gasteiger partial charge on any atom is 0.412 e. The SMILES string of the molecule is COc1cc2c(c(NC(=O)OC(C)(C)C)c1)NCC2. The summed E-state index contributed by atoms with van der Waals surface area (Å²) in [6.07, 6.45) is 0.465. The monoisotopic (exact) mass is 264 g/mol. The number of ether oxygens (including phenoxy) is 2. The Morgan fingerprint density at radius 2 is 2.11 bits per heavy atom. The number of anilines is 2. The van der Waals surface area contributed by atoms with E-state index in [2.05, 4.69) is 10.6 Å². The quantitative estimate of drug-likeness (QED) is 0.862. The first kappa shape index (κ1) is 13.5. The van der Waals surface area contributed by atoms with E-state index in [0.717, 1.165) is 30.0 Å². The molecular weight excluding hydrogens is 244 g/mol. The molecular formula is C14H20N2O3. The summed E-state index contributed by atoms with van der Waals surface area (Å²) in [7, 11) is 1.61. The molecule has 0 radical (unpaired) electrons. The van der Waals surface area contributed by atoms with Gasteiger partial charge in [-0.15, -0.1) is 0 Å². The molecule has 0 fully saturated rings. The predicted octanol–water partition coefficient (Wildman–Crippen LogP) is 3.01. The van der Waals surface area contributed by atoms with Crippen LogP contribution >= 0.6 is 0 Å². The molecule has 19 heavy (non-hydrogen) atoms. The molecule has 1 aromatic rings. The van der Waals surface area contributed by atoms with E-state index in [1.54, 1.807) is 13.2 Å². The first-order valence-corrected chi connectivity index (χ1v) is 6.34. The molecule has 2 rings (SSSR count). The molecule has 0 unspecified atom stereocenters. The van der Waals surface area contributed by atoms with Crippen LogP contribution in [-0.4, -0.2) is 25.3 Å². The van der Waals surface area contributed by atoms with Crippen LogP contribution in [0.1, 0.15) is 26.3 Å². The molecule has 1 aromatic carbocycles. The zero-order valence-electron chi connectivity index (χ0n) is 11.8. The smallest absolute Gasteiger partial charge is 0.412 e. The summed E-state index contributed by atoms with van der Waals surface area (Å²) in [5.41, 5.74) is 2.28. The minimum Gasteiger partial charge on any atom is -0.497 e. The van der Waals surface area contributed by atoms with Crippen LogP contribution < -0.4 is 15.4 Å². The second-order valence-electron chi connectivity index (χ2n) is 5.51. The third-order valence-corrected chi connectivity index (χ3v) is 2.76. The summed E-state index contributed by atoms with van der Waals surface area (Å²) in [5.74, 6) is 0.730. The van der Waals surface area contributed by atoms with Crippen LogP contribution in [0.5, 0.6) is 5.75 Å². The Morgan fingerprint density at radius 3 is 2.74 bits per heavy atom. The highest BCUT2D eigenvalue weighted by Crippen LogP contribution is 2.35. The van der Waals surface area contributed by atoms with E-state index in [-0.39, 0.29) is 0 Å². The van der Waals surface area contributed by atoms with Crippen molar-refractivity contribution < 1.29 is 14.3 Å². The van der Waals surface area contributed by atoms with Gasteiger partial charge in [-0.25, -0.2) is 4.79 Å². The highest BCUT2D eigenvalue weighted by atomic mass is 16.6. The number of hydrogen-bond donors (Lipinski definition) is 2. The third kappa shape index (κ3) is 3.30. The molecule has 104 valence electrons. The van der Waals surface area contributed by atoms with Crippen LogP contribution in [0, 0.1) is 0 Å². The van der Waals surface area contributed by atoms with Crippen molar-refractivity contribution in [3.63, 3.8) is 0 Å². The summed E-state index contributed by atoms with van der Waals surface area (Å²) >= 11 is 0. The van der Waals surface area contributed by atoms with Gasteiger partial charge in [0.05, 0.1) is 18.5 Å². The van der Waals surface area contributed by atoms with Crippen molar-refractivity contribution in [2.75, 3.05) is 24.3 Å². The Kier molecular flexibility index (Phi) is 3.55. The fraction of sp³-hybridized carbons (Fsp3) is 0.500. The van der Waals surface area contributed by atoms with Crippen LogP contribution in [0.15, 0.2) is 12.1 Å². The number of rotatable bonds is 2. The highest BCUT2D eigenvalue weighted by molar-refractivity contribution is 5.91. The Morgan fingerprint density at radius 1 is 1.37 bits per heavy atom. The molecule has 0 atom stereocenters. The van der Waals surface area contributed by atoms with E-state index in [9.17, 15) is 4.79 Å². The molecule has 1 aliphatic heterocycles. The lowest BCUT2D eigenvalue weighted by molar-refractivity contribution is 0.0636. The molecule has 5 heteroatoms. The highest BCUT2D eigenvalue weighted by Gasteiger charge is 2.21. The second-order valence-corrected chi connectivity index (χ2v) is 5.51. The first-order chi connectivity index (χ1) is 8.89. The largest absolute Gasteiger partial charge is 0.497 e. The van der Waals surface area contributed by atoms with Crippen molar-refractivity contribution in [1.82, 2.24) is 0 Å². The van der Waals surface area contributed by atoms with E-state index in [1.807, 2.05) is 26.8 Å². The molecule has 1 aliphatic rings. The van der Waals surface area contributed by atoms with Gasteiger partial charge in [0, 0.05) is 12.6 Å². The Bertz CT molecular complexity index is 492. The zero-order chi connectivity index (χ0) is 14.0. The fourth-order valence-electron chi connectivity index (χ4n) is 2.03. The molecule has 0 spiro atoms. The maximum absolute atomic E-state index is 11.8. The molecule has 0 aromatic heterocycles. The van der Waals surface area contributed by atoms with Gasteiger partial charge in [0.25, 0.3) is 0 Å². The molecule has 0 saturated heterocycles. The Labute approximate surface area is 113 Å². The van der Waals surface area contributed by atoms with E-state index >= 15 is 0 Å². The number of carbonyl (C=O) groups excluding carboxylic acids is 1. The molecule has 2 N–H and O–H groups in total. The lowest BCUT2D eigenvalue weighted by atomic mass is 10.1. The van der Waals surface area contributed by atoms with Crippen molar-refractivity contribution in [3.8, 4) is 5.75 Å². The number of methoxy groups -OCH3 is 1. The number of nitrogens with one attached hydrogen (secondary N) is 2. The topological polar surface area (TPSA) is 59.6 Å². The average Bonchev–Trinajstić information content (AvgIpc) is 2.74. The molecule has 0 saturated carbocycles. The summed E-state index contributed by atoms with van der Waals surface area (Å²) < 4.78 is 10.5. The van der Waals surface area contributed by atoms with Crippen LogP contribution in [0.3, 0.4) is 0 Å². The van der Waals surface area contributed by atoms with Gasteiger partial charge in [-0.3, -0.25) is 5.32 Å². The van der Waals surface area contributed by atoms with Crippen molar-refractivity contribution in [3.05, 3.63) is 17.7 Å². The lowest BCUT2D eigenvalue weighted by Gasteiger charge is -2.20. The molecule has 1 amide bonds. The van der Waals surface area contributed by atoms with E-state index in [0.29, 0.717) is 5.69 Å². The van der Waals surface area contributed by atoms with Gasteiger partial charge in [0.15, 0.2) is 0 Å². The maximum atomic E-state index is 11.8. The molecule has 0 bridgehead atoms. The number of benzene rings is 1. The fourth-order valence-corrected chi connectivity index (χ4v) is 2.03. The number of hydrogen-bond acceptors (Lipinski definition) is 4. The van der Waals surface area contributed by atoms with Crippen LogP contribution in [0.25, 0.3) is 0 Å². The van der Waals surface area contributed by atoms with Crippen molar-refractivity contribution in [2.45, 2.75) is 32.8 Å². The Balaban J connectivity index is 2.20. The predicted molar refractivity (Wildman–Crippen MR) is 75.0 cm³/mol. The van der Waals surface area contributed by atoms with Gasteiger partial charge in [0.2, 0.25) is 0 Å². The van der Waals surface area contributed by atoms with E-state index in [4.69, 9.17) is 9.47 Å². The third-order valence-electron chi connectivity index (χ3n) is 2.76. The summed E-state index contributed by atoms with van der Waals surface area (Å²) in [6.45, 7) is 6.37. The van der Waals surface area contributed by atoms with Gasteiger partial charge in [0.1, 0.15) is 11.4 Å². The molecule has 0 aliphatic carbocycles. The van der Waals surface area contributed by atoms with Gasteiger partial charge in [-0.2, -0.15) is 0 Å². The molecule has 5 nitrogen and oxygen atoms in total. The summed E-state index contributed by atoms with van der Waals surface area (Å²) in [4.78, 5) is 11.8. The number of carbonyl (C=O) groups is 1. The van der Waals surface area contributed by atoms with Crippen molar-refractivity contribution >= 4 is 17.5 Å². The number of fused-ring (bicyclic) bond motifs is 1. The molecule has 1 heterocycles. The van der Waals surface area contributed by atoms with E-state index in [1.165, 1.54) is 0 Å². The zero-order valence-corrected chi connectivity index (χ0v) is 11.8. The first-order valence-electron chi connectivity index (χ1n) is 6.34. The van der Waals surface area contributed by atoms with Gasteiger partial charge in [-0.05, 0) is 38.8 Å². The van der Waals surface area contributed by atoms with Gasteiger partial charge >= 0.3 is 6.09 Å². The minimum atomic E-state index is -0.514. The van der Waals surface area contributed by atoms with E-state index < -0.39 is 11.7 Å². The average molecular weight is 264 g/mol. The number of amides is 1. The standard InChI is InChI=1S/C14H20N2O3/c1-14(2,3)19-13(17)16-11-8-10(18-4)7-9-5-6-15-12(9)11/h7-8,15H,5-6H2,1-4H3,(H,16,17). The van der Waals surface area contributed by atoms with Crippen LogP contribution in [-0.2, 0) is 11.2 Å². The van der Waals surface area contributed by atoms with Gasteiger partial charge in [-0.1, -0.05) is 0 Å². The normalized spacial score (nSPS) is 13.5.